The van der Waals surface area contributed by atoms with Crippen LogP contribution in [0, 0.1) is 0 Å². The van der Waals surface area contributed by atoms with E-state index in [1.165, 1.54) is 4.90 Å². The topological polar surface area (TPSA) is 92.5 Å². The van der Waals surface area contributed by atoms with Crippen molar-refractivity contribution in [1.82, 2.24) is 10.2 Å². The van der Waals surface area contributed by atoms with Gasteiger partial charge in [-0.1, -0.05) is 13.3 Å². The number of nitrogens with one attached hydrogen (secondary N) is 1. The van der Waals surface area contributed by atoms with Gasteiger partial charge in [-0.25, -0.2) is 0 Å². The first-order chi connectivity index (χ1) is 7.79. The Balaban J connectivity index is 2.87. The summed E-state index contributed by atoms with van der Waals surface area (Å²) < 4.78 is 0. The second kappa shape index (κ2) is 4.83. The summed E-state index contributed by atoms with van der Waals surface area (Å²) in [6.45, 7) is 5.03. The number of piperazine rings is 1. The molecule has 0 spiro atoms. The predicted octanol–water partition coefficient (Wildman–Crippen LogP) is -0.623. The number of nitrogens with zero attached hydrogens (tertiary/aromatic N) is 1. The van der Waals surface area contributed by atoms with Crippen molar-refractivity contribution in [2.45, 2.75) is 45.2 Å². The Morgan fingerprint density at radius 1 is 1.59 bits per heavy atom. The van der Waals surface area contributed by atoms with Crippen LogP contribution in [0.4, 0.5) is 0 Å². The number of carbonyl (C=O) groups is 3. The van der Waals surface area contributed by atoms with Gasteiger partial charge in [0.1, 0.15) is 12.6 Å². The quantitative estimate of drug-likeness (QED) is 0.644. The van der Waals surface area contributed by atoms with Crippen molar-refractivity contribution in [1.29, 1.82) is 0 Å². The highest BCUT2D eigenvalue weighted by atomic mass is 16.2. The van der Waals surface area contributed by atoms with E-state index in [1.807, 2.05) is 6.92 Å². The van der Waals surface area contributed by atoms with Gasteiger partial charge in [0, 0.05) is 0 Å². The van der Waals surface area contributed by atoms with E-state index in [1.54, 1.807) is 13.8 Å². The average Bonchev–Trinajstić information content (AvgIpc) is 2.22. The Morgan fingerprint density at radius 3 is 2.71 bits per heavy atom. The highest BCUT2D eigenvalue weighted by Crippen LogP contribution is 2.16. The van der Waals surface area contributed by atoms with Crippen molar-refractivity contribution in [2.75, 3.05) is 6.54 Å². The first-order valence-electron chi connectivity index (χ1n) is 5.73. The van der Waals surface area contributed by atoms with Gasteiger partial charge in [-0.15, -0.1) is 0 Å². The molecule has 1 saturated heterocycles. The molecule has 1 aliphatic rings. The zero-order chi connectivity index (χ0) is 13.2. The molecule has 1 rings (SSSR count). The van der Waals surface area contributed by atoms with E-state index < -0.39 is 23.4 Å². The number of nitrogens with two attached hydrogens (primary N) is 1. The van der Waals surface area contributed by atoms with Gasteiger partial charge in [0.15, 0.2) is 0 Å². The van der Waals surface area contributed by atoms with Crippen LogP contribution in [0.25, 0.3) is 0 Å². The Bertz CT molecular complexity index is 352. The lowest BCUT2D eigenvalue weighted by atomic mass is 9.94. The standard InChI is InChI=1S/C11H19N3O3/c1-4-5-11(3,12)10(17)14-6-8(15)13-9(16)7(14)2/h7H,4-6,12H2,1-3H3,(H,13,15,16). The number of hydrogen-bond acceptors (Lipinski definition) is 4. The average molecular weight is 241 g/mol. The Kier molecular flexibility index (Phi) is 3.87. The van der Waals surface area contributed by atoms with Crippen molar-refractivity contribution in [3.8, 4) is 0 Å². The van der Waals surface area contributed by atoms with Crippen molar-refractivity contribution in [3.63, 3.8) is 0 Å². The monoisotopic (exact) mass is 241 g/mol. The van der Waals surface area contributed by atoms with Crippen LogP contribution in [0.2, 0.25) is 0 Å². The molecule has 96 valence electrons. The fourth-order valence-electron chi connectivity index (χ4n) is 1.92. The van der Waals surface area contributed by atoms with E-state index in [0.29, 0.717) is 6.42 Å². The highest BCUT2D eigenvalue weighted by Gasteiger charge is 2.40. The van der Waals surface area contributed by atoms with E-state index in [9.17, 15) is 14.4 Å². The van der Waals surface area contributed by atoms with Crippen molar-refractivity contribution in [2.24, 2.45) is 5.73 Å². The third-order valence-corrected chi connectivity index (χ3v) is 2.94. The van der Waals surface area contributed by atoms with Crippen LogP contribution in [0.15, 0.2) is 0 Å². The maximum Gasteiger partial charge on any atom is 0.249 e. The van der Waals surface area contributed by atoms with E-state index in [4.69, 9.17) is 5.73 Å². The molecule has 6 nitrogen and oxygen atoms in total. The van der Waals surface area contributed by atoms with Crippen LogP contribution in [0.1, 0.15) is 33.6 Å². The molecular weight excluding hydrogens is 222 g/mol. The summed E-state index contributed by atoms with van der Waals surface area (Å²) in [4.78, 5) is 36.1. The van der Waals surface area contributed by atoms with E-state index >= 15 is 0 Å². The molecular formula is C11H19N3O3. The number of carbonyl (C=O) groups excluding carboxylic acids is 3. The molecule has 3 N–H and O–H groups in total. The van der Waals surface area contributed by atoms with Crippen molar-refractivity contribution in [3.05, 3.63) is 0 Å². The van der Waals surface area contributed by atoms with E-state index in [-0.39, 0.29) is 12.5 Å². The molecule has 1 aliphatic heterocycles. The van der Waals surface area contributed by atoms with E-state index in [2.05, 4.69) is 5.32 Å². The van der Waals surface area contributed by atoms with E-state index in [0.717, 1.165) is 6.42 Å². The second-order valence-corrected chi connectivity index (χ2v) is 4.69. The molecule has 1 heterocycles. The molecule has 0 bridgehead atoms. The number of hydrogen-bond donors (Lipinski definition) is 2. The molecule has 0 aromatic rings. The zero-order valence-corrected chi connectivity index (χ0v) is 10.4. The summed E-state index contributed by atoms with van der Waals surface area (Å²) in [5.74, 6) is -1.27. The molecule has 3 amide bonds. The Morgan fingerprint density at radius 2 is 2.18 bits per heavy atom. The lowest BCUT2D eigenvalue weighted by Gasteiger charge is -2.37. The minimum Gasteiger partial charge on any atom is -0.320 e. The van der Waals surface area contributed by atoms with Gasteiger partial charge in [0.25, 0.3) is 0 Å². The van der Waals surface area contributed by atoms with Crippen LogP contribution in [0.5, 0.6) is 0 Å². The van der Waals surface area contributed by atoms with Gasteiger partial charge < -0.3 is 10.6 Å². The van der Waals surface area contributed by atoms with Crippen molar-refractivity contribution >= 4 is 17.7 Å². The maximum atomic E-state index is 12.2. The third-order valence-electron chi connectivity index (χ3n) is 2.94. The molecule has 2 unspecified atom stereocenters. The number of rotatable bonds is 3. The van der Waals surface area contributed by atoms with Crippen LogP contribution < -0.4 is 11.1 Å². The predicted molar refractivity (Wildman–Crippen MR) is 61.8 cm³/mol. The largest absolute Gasteiger partial charge is 0.320 e. The normalized spacial score (nSPS) is 24.2. The molecule has 0 aromatic heterocycles. The summed E-state index contributed by atoms with van der Waals surface area (Å²) >= 11 is 0. The summed E-state index contributed by atoms with van der Waals surface area (Å²) in [6, 6.07) is -0.653. The van der Waals surface area contributed by atoms with Gasteiger partial charge in [-0.2, -0.15) is 0 Å². The molecule has 0 saturated carbocycles. The fourth-order valence-corrected chi connectivity index (χ4v) is 1.92. The Hall–Kier alpha value is -1.43. The lowest BCUT2D eigenvalue weighted by Crippen LogP contribution is -2.64. The molecule has 0 aromatic carbocycles. The molecule has 0 radical (unpaired) electrons. The summed E-state index contributed by atoms with van der Waals surface area (Å²) in [5, 5.41) is 2.18. The maximum absolute atomic E-state index is 12.2. The number of amides is 3. The van der Waals surface area contributed by atoms with Gasteiger partial charge in [0.05, 0.1) is 5.54 Å². The van der Waals surface area contributed by atoms with Crippen LogP contribution in [0.3, 0.4) is 0 Å². The summed E-state index contributed by atoms with van der Waals surface area (Å²) in [5.41, 5.74) is 4.89. The molecule has 0 aliphatic carbocycles. The molecule has 17 heavy (non-hydrogen) atoms. The van der Waals surface area contributed by atoms with Crippen LogP contribution in [-0.2, 0) is 14.4 Å². The van der Waals surface area contributed by atoms with Gasteiger partial charge in [-0.3, -0.25) is 19.7 Å². The molecule has 6 heteroatoms. The van der Waals surface area contributed by atoms with Gasteiger partial charge in [-0.05, 0) is 20.3 Å². The zero-order valence-electron chi connectivity index (χ0n) is 10.4. The Labute approximate surface area is 101 Å². The SMILES string of the molecule is CCCC(C)(N)C(=O)N1CC(=O)NC(=O)C1C. The molecule has 2 atom stereocenters. The van der Waals surface area contributed by atoms with Gasteiger partial charge in [0.2, 0.25) is 17.7 Å². The van der Waals surface area contributed by atoms with Crippen LogP contribution >= 0.6 is 0 Å². The van der Waals surface area contributed by atoms with Crippen molar-refractivity contribution < 1.29 is 14.4 Å². The van der Waals surface area contributed by atoms with Crippen LogP contribution in [-0.4, -0.2) is 40.7 Å². The summed E-state index contributed by atoms with van der Waals surface area (Å²) in [6.07, 6.45) is 1.28. The summed E-state index contributed by atoms with van der Waals surface area (Å²) in [7, 11) is 0. The van der Waals surface area contributed by atoms with Gasteiger partial charge >= 0.3 is 0 Å². The minimum atomic E-state index is -1.03. The smallest absolute Gasteiger partial charge is 0.249 e. The first kappa shape index (κ1) is 13.6. The third kappa shape index (κ3) is 2.82. The first-order valence-corrected chi connectivity index (χ1v) is 5.73. The highest BCUT2D eigenvalue weighted by molar-refractivity contribution is 6.05. The number of imide groups is 1. The fraction of sp³-hybridized carbons (Fsp3) is 0.727. The minimum absolute atomic E-state index is 0.109. The second-order valence-electron chi connectivity index (χ2n) is 4.69. The lowest BCUT2D eigenvalue weighted by molar-refractivity contribution is -0.152. The molecule has 1 fully saturated rings.